The van der Waals surface area contributed by atoms with E-state index in [2.05, 4.69) is 27.5 Å². The summed E-state index contributed by atoms with van der Waals surface area (Å²) in [5, 5.41) is 5.59. The van der Waals surface area contributed by atoms with Gasteiger partial charge >= 0.3 is 6.18 Å². The average molecular weight is 491 g/mol. The third-order valence-electron chi connectivity index (χ3n) is 6.64. The first-order valence-electron chi connectivity index (χ1n) is 11.8. The highest BCUT2D eigenvalue weighted by atomic mass is 19.4. The third kappa shape index (κ3) is 6.50. The fraction of sp³-hybridized carbons (Fsp3) is 0.480. The van der Waals surface area contributed by atoms with Crippen LogP contribution in [-0.2, 0) is 15.7 Å². The van der Waals surface area contributed by atoms with Crippen LogP contribution in [0.1, 0.15) is 31.2 Å². The van der Waals surface area contributed by atoms with Crippen molar-refractivity contribution in [3.8, 4) is 0 Å². The minimum atomic E-state index is -4.65. The average Bonchev–Trinajstić information content (AvgIpc) is 2.88. The molecule has 2 aromatic carbocycles. The number of alkyl halides is 3. The normalized spacial score (nSPS) is 21.0. The number of hydrogen-bond donors (Lipinski definition) is 1. The molecule has 10 heteroatoms. The van der Waals surface area contributed by atoms with E-state index in [0.717, 1.165) is 30.9 Å². The van der Waals surface area contributed by atoms with Crippen LogP contribution in [0, 0.1) is 4.91 Å². The molecule has 1 heterocycles. The van der Waals surface area contributed by atoms with Crippen molar-refractivity contribution >= 4 is 23.0 Å². The van der Waals surface area contributed by atoms with E-state index in [1.165, 1.54) is 6.07 Å². The van der Waals surface area contributed by atoms with Crippen molar-refractivity contribution in [1.29, 1.82) is 0 Å². The van der Waals surface area contributed by atoms with Crippen LogP contribution >= 0.6 is 0 Å². The lowest BCUT2D eigenvalue weighted by atomic mass is 9.92. The van der Waals surface area contributed by atoms with Gasteiger partial charge in [0, 0.05) is 43.6 Å². The van der Waals surface area contributed by atoms with Crippen LogP contribution in [0.15, 0.2) is 53.7 Å². The first-order valence-corrected chi connectivity index (χ1v) is 11.8. The molecule has 0 radical (unpaired) electrons. The molecular formula is C25H29F3N4O3. The number of nitrogens with one attached hydrogen (secondary N) is 1. The highest BCUT2D eigenvalue weighted by Gasteiger charge is 2.34. The molecule has 1 aliphatic carbocycles. The molecule has 2 fully saturated rings. The number of halogens is 3. The van der Waals surface area contributed by atoms with Gasteiger partial charge in [-0.25, -0.2) is 0 Å². The second-order valence-electron chi connectivity index (χ2n) is 8.95. The highest BCUT2D eigenvalue weighted by molar-refractivity contribution is 5.77. The quantitative estimate of drug-likeness (QED) is 0.541. The van der Waals surface area contributed by atoms with E-state index >= 15 is 0 Å². The molecular weight excluding hydrogens is 461 g/mol. The number of amides is 1. The SMILES string of the molecule is O=Nc1ccc(NC2CCC(OCC(=O)N3CCN(c4ccccc4)CC3)CC2)cc1C(F)(F)F. The van der Waals surface area contributed by atoms with Crippen LogP contribution in [0.5, 0.6) is 0 Å². The van der Waals surface area contributed by atoms with Crippen LogP contribution in [-0.4, -0.2) is 55.7 Å². The third-order valence-corrected chi connectivity index (χ3v) is 6.64. The van der Waals surface area contributed by atoms with Crippen molar-refractivity contribution < 1.29 is 22.7 Å². The first-order chi connectivity index (χ1) is 16.8. The molecule has 1 saturated carbocycles. The van der Waals surface area contributed by atoms with Gasteiger partial charge in [-0.05, 0) is 61.2 Å². The molecule has 0 bridgehead atoms. The van der Waals surface area contributed by atoms with Gasteiger partial charge in [0.05, 0.1) is 11.7 Å². The summed E-state index contributed by atoms with van der Waals surface area (Å²) in [6.07, 6.45) is -1.84. The van der Waals surface area contributed by atoms with Crippen LogP contribution in [0.2, 0.25) is 0 Å². The summed E-state index contributed by atoms with van der Waals surface area (Å²) in [4.78, 5) is 27.4. The summed E-state index contributed by atoms with van der Waals surface area (Å²) in [6.45, 7) is 2.93. The smallest absolute Gasteiger partial charge is 0.382 e. The van der Waals surface area contributed by atoms with Gasteiger partial charge in [0.2, 0.25) is 5.91 Å². The maximum Gasteiger partial charge on any atom is 0.418 e. The van der Waals surface area contributed by atoms with Gasteiger partial charge in [0.15, 0.2) is 0 Å². The predicted molar refractivity (Wildman–Crippen MR) is 128 cm³/mol. The standard InChI is InChI=1S/C25H29F3N4O3/c26-25(27,28)22-16-19(8-11-23(22)30-34)29-18-6-9-21(10-7-18)35-17-24(33)32-14-12-31(13-15-32)20-4-2-1-3-5-20/h1-5,8,11,16,18,21,29H,6-7,9-10,12-15,17H2. The van der Waals surface area contributed by atoms with Gasteiger partial charge in [-0.3, -0.25) is 4.79 Å². The minimum absolute atomic E-state index is 0.00672. The van der Waals surface area contributed by atoms with Crippen molar-refractivity contribution in [2.45, 2.75) is 44.0 Å². The maximum atomic E-state index is 13.2. The molecule has 1 aliphatic heterocycles. The monoisotopic (exact) mass is 490 g/mol. The van der Waals surface area contributed by atoms with Crippen molar-refractivity contribution in [1.82, 2.24) is 4.90 Å². The molecule has 2 aliphatic rings. The Morgan fingerprint density at radius 1 is 1.00 bits per heavy atom. The van der Waals surface area contributed by atoms with E-state index in [9.17, 15) is 22.9 Å². The molecule has 35 heavy (non-hydrogen) atoms. The van der Waals surface area contributed by atoms with Gasteiger partial charge < -0.3 is 19.9 Å². The number of anilines is 2. The minimum Gasteiger partial charge on any atom is -0.382 e. The Hall–Kier alpha value is -3.14. The summed E-state index contributed by atoms with van der Waals surface area (Å²) < 4.78 is 45.3. The Kier molecular flexibility index (Phi) is 7.90. The zero-order chi connectivity index (χ0) is 24.8. The number of carbonyl (C=O) groups is 1. The summed E-state index contributed by atoms with van der Waals surface area (Å²) in [7, 11) is 0. The lowest BCUT2D eigenvalue weighted by Crippen LogP contribution is -2.50. The summed E-state index contributed by atoms with van der Waals surface area (Å²) in [5.74, 6) is -0.0125. The zero-order valence-electron chi connectivity index (χ0n) is 19.3. The molecule has 0 unspecified atom stereocenters. The van der Waals surface area contributed by atoms with Crippen LogP contribution < -0.4 is 10.2 Å². The summed E-state index contributed by atoms with van der Waals surface area (Å²) >= 11 is 0. The number of hydrogen-bond acceptors (Lipinski definition) is 6. The van der Waals surface area contributed by atoms with E-state index < -0.39 is 17.4 Å². The van der Waals surface area contributed by atoms with Crippen LogP contribution in [0.25, 0.3) is 0 Å². The largest absolute Gasteiger partial charge is 0.418 e. The molecule has 1 saturated heterocycles. The topological polar surface area (TPSA) is 74.2 Å². The number of piperazine rings is 1. The Morgan fingerprint density at radius 3 is 2.31 bits per heavy atom. The zero-order valence-corrected chi connectivity index (χ0v) is 19.3. The van der Waals surface area contributed by atoms with Gasteiger partial charge in [-0.1, -0.05) is 18.2 Å². The molecule has 1 N–H and O–H groups in total. The lowest BCUT2D eigenvalue weighted by molar-refractivity contribution is -0.139. The number of benzene rings is 2. The number of carbonyl (C=O) groups excluding carboxylic acids is 1. The van der Waals surface area contributed by atoms with Crippen LogP contribution in [0.4, 0.5) is 30.2 Å². The van der Waals surface area contributed by atoms with E-state index in [1.807, 2.05) is 23.1 Å². The van der Waals surface area contributed by atoms with E-state index in [0.29, 0.717) is 44.5 Å². The van der Waals surface area contributed by atoms with Crippen molar-refractivity contribution in [2.75, 3.05) is 43.0 Å². The van der Waals surface area contributed by atoms with Crippen molar-refractivity contribution in [2.24, 2.45) is 5.18 Å². The van der Waals surface area contributed by atoms with Gasteiger partial charge in [-0.15, -0.1) is 4.91 Å². The Morgan fingerprint density at radius 2 is 1.69 bits per heavy atom. The lowest BCUT2D eigenvalue weighted by Gasteiger charge is -2.36. The molecule has 2 aromatic rings. The van der Waals surface area contributed by atoms with E-state index in [-0.39, 0.29) is 24.7 Å². The molecule has 0 aromatic heterocycles. The molecule has 1 amide bonds. The molecule has 0 atom stereocenters. The molecule has 7 nitrogen and oxygen atoms in total. The van der Waals surface area contributed by atoms with Crippen molar-refractivity contribution in [3.63, 3.8) is 0 Å². The number of nitrogens with zero attached hydrogens (tertiary/aromatic N) is 3. The first kappa shape index (κ1) is 25.0. The molecule has 188 valence electrons. The summed E-state index contributed by atoms with van der Waals surface area (Å²) in [5.41, 5.74) is -0.199. The predicted octanol–water partition coefficient (Wildman–Crippen LogP) is 5.19. The Balaban J connectivity index is 1.19. The van der Waals surface area contributed by atoms with Gasteiger partial charge in [-0.2, -0.15) is 13.2 Å². The fourth-order valence-corrected chi connectivity index (χ4v) is 4.68. The number of nitroso groups, excluding NO2 is 1. The number of ether oxygens (including phenoxy) is 1. The number of para-hydroxylation sites is 1. The summed E-state index contributed by atoms with van der Waals surface area (Å²) in [6, 6.07) is 13.6. The van der Waals surface area contributed by atoms with E-state index in [1.54, 1.807) is 0 Å². The second kappa shape index (κ2) is 11.1. The van der Waals surface area contributed by atoms with Gasteiger partial charge in [0.1, 0.15) is 12.3 Å². The van der Waals surface area contributed by atoms with Gasteiger partial charge in [0.25, 0.3) is 0 Å². The second-order valence-corrected chi connectivity index (χ2v) is 8.95. The maximum absolute atomic E-state index is 13.2. The molecule has 4 rings (SSSR count). The Labute approximate surface area is 202 Å². The fourth-order valence-electron chi connectivity index (χ4n) is 4.68. The Bertz CT molecular complexity index is 1000. The van der Waals surface area contributed by atoms with Crippen molar-refractivity contribution in [3.05, 3.63) is 59.0 Å². The molecule has 0 spiro atoms. The number of rotatable bonds is 7. The van der Waals surface area contributed by atoms with Crippen LogP contribution in [0.3, 0.4) is 0 Å². The highest BCUT2D eigenvalue weighted by Crippen LogP contribution is 2.38. The van der Waals surface area contributed by atoms with E-state index in [4.69, 9.17) is 4.74 Å².